The van der Waals surface area contributed by atoms with Gasteiger partial charge in [0.2, 0.25) is 0 Å². The Labute approximate surface area is 104 Å². The second-order valence-electron chi connectivity index (χ2n) is 4.69. The van der Waals surface area contributed by atoms with Crippen LogP contribution in [0.1, 0.15) is 0 Å². The van der Waals surface area contributed by atoms with E-state index in [0.29, 0.717) is 0 Å². The van der Waals surface area contributed by atoms with Gasteiger partial charge in [-0.05, 0) is 0 Å². The Morgan fingerprint density at radius 2 is 1.41 bits per heavy atom. The van der Waals surface area contributed by atoms with Gasteiger partial charge < -0.3 is 0 Å². The van der Waals surface area contributed by atoms with Gasteiger partial charge in [0.15, 0.2) is 0 Å². The molecular weight excluding hydrogens is 227 g/mol. The standard InChI is InChI=1S/C15H19OP/c1-16-14-11-7-8-12-15(14)17(2,3)13-9-5-4-6-10-13/h4-12,17H,1-3H3. The summed E-state index contributed by atoms with van der Waals surface area (Å²) in [4.78, 5) is 0. The molecule has 0 amide bonds. The van der Waals surface area contributed by atoms with Crippen LogP contribution in [0.15, 0.2) is 54.6 Å². The molecule has 0 aliphatic heterocycles. The third kappa shape index (κ3) is 2.35. The van der Waals surface area contributed by atoms with Crippen LogP contribution in [0.2, 0.25) is 0 Å². The van der Waals surface area contributed by atoms with Crippen molar-refractivity contribution in [3.05, 3.63) is 54.6 Å². The summed E-state index contributed by atoms with van der Waals surface area (Å²) < 4.78 is 5.49. The number of methoxy groups -OCH3 is 1. The van der Waals surface area contributed by atoms with Crippen LogP contribution in [-0.2, 0) is 0 Å². The zero-order valence-corrected chi connectivity index (χ0v) is 11.6. The molecule has 0 aliphatic carbocycles. The van der Waals surface area contributed by atoms with Gasteiger partial charge in [0.25, 0.3) is 0 Å². The van der Waals surface area contributed by atoms with E-state index in [1.54, 1.807) is 7.11 Å². The van der Waals surface area contributed by atoms with E-state index < -0.39 is 7.26 Å². The predicted molar refractivity (Wildman–Crippen MR) is 78.9 cm³/mol. The second kappa shape index (κ2) is 4.89. The summed E-state index contributed by atoms with van der Waals surface area (Å²) in [7, 11) is 0.0983. The quantitative estimate of drug-likeness (QED) is 0.757. The van der Waals surface area contributed by atoms with Gasteiger partial charge in [-0.3, -0.25) is 0 Å². The van der Waals surface area contributed by atoms with Gasteiger partial charge in [-0.2, -0.15) is 0 Å². The fraction of sp³-hybridized carbons (Fsp3) is 0.200. The van der Waals surface area contributed by atoms with Crippen molar-refractivity contribution < 1.29 is 4.74 Å². The third-order valence-electron chi connectivity index (χ3n) is 3.28. The predicted octanol–water partition coefficient (Wildman–Crippen LogP) is 2.66. The summed E-state index contributed by atoms with van der Waals surface area (Å²) in [5, 5.41) is 2.79. The van der Waals surface area contributed by atoms with Gasteiger partial charge in [0, 0.05) is 0 Å². The molecule has 1 nitrogen and oxygen atoms in total. The molecule has 2 aromatic rings. The van der Waals surface area contributed by atoms with Crippen LogP contribution in [0.3, 0.4) is 0 Å². The zero-order valence-electron chi connectivity index (χ0n) is 10.6. The zero-order chi connectivity index (χ0) is 12.3. The van der Waals surface area contributed by atoms with Gasteiger partial charge in [0.05, 0.1) is 0 Å². The molecule has 0 bridgehead atoms. The Kier molecular flexibility index (Phi) is 3.49. The summed E-state index contributed by atoms with van der Waals surface area (Å²) in [6, 6.07) is 19.1. The molecule has 0 unspecified atom stereocenters. The summed E-state index contributed by atoms with van der Waals surface area (Å²) >= 11 is 0. The van der Waals surface area contributed by atoms with Crippen molar-refractivity contribution in [2.24, 2.45) is 0 Å². The van der Waals surface area contributed by atoms with Crippen molar-refractivity contribution in [3.63, 3.8) is 0 Å². The molecule has 0 heterocycles. The fourth-order valence-corrected chi connectivity index (χ4v) is 4.82. The van der Waals surface area contributed by atoms with E-state index >= 15 is 0 Å². The molecule has 17 heavy (non-hydrogen) atoms. The van der Waals surface area contributed by atoms with E-state index in [9.17, 15) is 0 Å². The average Bonchev–Trinajstić information content (AvgIpc) is 2.39. The molecule has 0 aromatic heterocycles. The van der Waals surface area contributed by atoms with Crippen LogP contribution < -0.4 is 15.3 Å². The molecule has 2 heteroatoms. The molecule has 90 valence electrons. The molecule has 0 radical (unpaired) electrons. The fourth-order valence-electron chi connectivity index (χ4n) is 2.17. The minimum atomic E-state index is -1.65. The minimum absolute atomic E-state index is 1.01. The molecule has 0 N–H and O–H groups in total. The molecule has 0 atom stereocenters. The summed E-state index contributed by atoms with van der Waals surface area (Å²) in [5.41, 5.74) is 0. The van der Waals surface area contributed by atoms with E-state index in [-0.39, 0.29) is 0 Å². The van der Waals surface area contributed by atoms with Crippen molar-refractivity contribution in [2.75, 3.05) is 20.4 Å². The number of para-hydroxylation sites is 1. The van der Waals surface area contributed by atoms with Crippen LogP contribution in [-0.4, -0.2) is 20.4 Å². The van der Waals surface area contributed by atoms with Crippen molar-refractivity contribution in [2.45, 2.75) is 0 Å². The number of hydrogen-bond donors (Lipinski definition) is 0. The molecule has 0 saturated heterocycles. The first kappa shape index (κ1) is 12.1. The Bertz CT molecular complexity index is 491. The van der Waals surface area contributed by atoms with Crippen LogP contribution in [0.5, 0.6) is 5.75 Å². The first-order valence-corrected chi connectivity index (χ1v) is 8.85. The Morgan fingerprint density at radius 1 is 0.824 bits per heavy atom. The number of hydrogen-bond acceptors (Lipinski definition) is 1. The average molecular weight is 246 g/mol. The molecular formula is C15H19OP. The first-order chi connectivity index (χ1) is 8.16. The Morgan fingerprint density at radius 3 is 2.06 bits per heavy atom. The van der Waals surface area contributed by atoms with Crippen LogP contribution in [0, 0.1) is 0 Å². The van der Waals surface area contributed by atoms with E-state index in [4.69, 9.17) is 4.74 Å². The van der Waals surface area contributed by atoms with Gasteiger partial charge in [-0.15, -0.1) is 0 Å². The molecule has 0 aliphatic rings. The van der Waals surface area contributed by atoms with Crippen molar-refractivity contribution in [3.8, 4) is 5.75 Å². The number of rotatable bonds is 3. The topological polar surface area (TPSA) is 9.23 Å². The second-order valence-corrected chi connectivity index (χ2v) is 9.06. The van der Waals surface area contributed by atoms with Crippen LogP contribution >= 0.6 is 7.26 Å². The van der Waals surface area contributed by atoms with E-state index in [1.807, 2.05) is 12.1 Å². The SMILES string of the molecule is COc1ccccc1[PH](C)(C)c1ccccc1. The van der Waals surface area contributed by atoms with Crippen LogP contribution in [0.4, 0.5) is 0 Å². The summed E-state index contributed by atoms with van der Waals surface area (Å²) in [6.07, 6.45) is 0. The van der Waals surface area contributed by atoms with Crippen molar-refractivity contribution >= 4 is 17.9 Å². The molecule has 0 spiro atoms. The number of ether oxygens (including phenoxy) is 1. The maximum absolute atomic E-state index is 5.49. The van der Waals surface area contributed by atoms with Gasteiger partial charge in [-0.25, -0.2) is 0 Å². The summed E-state index contributed by atoms with van der Waals surface area (Å²) in [5.74, 6) is 1.01. The van der Waals surface area contributed by atoms with E-state index in [2.05, 4.69) is 55.8 Å². The van der Waals surface area contributed by atoms with Gasteiger partial charge in [0.1, 0.15) is 0 Å². The van der Waals surface area contributed by atoms with Gasteiger partial charge >= 0.3 is 103 Å². The third-order valence-corrected chi connectivity index (χ3v) is 6.81. The first-order valence-electron chi connectivity index (χ1n) is 5.85. The maximum atomic E-state index is 5.49. The molecule has 2 rings (SSSR count). The molecule has 2 aromatic carbocycles. The van der Waals surface area contributed by atoms with Gasteiger partial charge in [-0.1, -0.05) is 0 Å². The Hall–Kier alpha value is -1.33. The molecule has 0 saturated carbocycles. The monoisotopic (exact) mass is 246 g/mol. The van der Waals surface area contributed by atoms with Crippen molar-refractivity contribution in [1.82, 2.24) is 0 Å². The van der Waals surface area contributed by atoms with Crippen molar-refractivity contribution in [1.29, 1.82) is 0 Å². The number of benzene rings is 2. The molecule has 0 fully saturated rings. The van der Waals surface area contributed by atoms with E-state index in [0.717, 1.165) is 5.75 Å². The van der Waals surface area contributed by atoms with Crippen LogP contribution in [0.25, 0.3) is 0 Å². The summed E-state index contributed by atoms with van der Waals surface area (Å²) in [6.45, 7) is 4.72. The van der Waals surface area contributed by atoms with E-state index in [1.165, 1.54) is 10.6 Å². The normalized spacial score (nSPS) is 12.2. The Balaban J connectivity index is 2.51.